The van der Waals surface area contributed by atoms with Crippen molar-refractivity contribution >= 4 is 21.8 Å². The standard InChI is InChI=1S/C6H9BrN4O/c1-11-4-9-10-5(11)3-8-6(12)2-7/h4H,2-3H2,1H3,(H,8,12). The van der Waals surface area contributed by atoms with Crippen molar-refractivity contribution in [1.29, 1.82) is 0 Å². The number of amides is 1. The van der Waals surface area contributed by atoms with Gasteiger partial charge in [-0.2, -0.15) is 0 Å². The topological polar surface area (TPSA) is 59.8 Å². The van der Waals surface area contributed by atoms with Crippen LogP contribution in [0.3, 0.4) is 0 Å². The van der Waals surface area contributed by atoms with Crippen LogP contribution in [0.2, 0.25) is 0 Å². The number of halogens is 1. The molecule has 0 unspecified atom stereocenters. The van der Waals surface area contributed by atoms with Crippen LogP contribution in [0.15, 0.2) is 6.33 Å². The molecule has 0 fully saturated rings. The molecule has 0 aliphatic rings. The Labute approximate surface area is 78.3 Å². The molecule has 1 N–H and O–H groups in total. The molecule has 0 aliphatic heterocycles. The number of aryl methyl sites for hydroxylation is 1. The largest absolute Gasteiger partial charge is 0.348 e. The van der Waals surface area contributed by atoms with E-state index in [1.165, 1.54) is 0 Å². The van der Waals surface area contributed by atoms with Crippen molar-refractivity contribution in [3.8, 4) is 0 Å². The van der Waals surface area contributed by atoms with E-state index in [1.54, 1.807) is 10.9 Å². The van der Waals surface area contributed by atoms with Gasteiger partial charge < -0.3 is 9.88 Å². The summed E-state index contributed by atoms with van der Waals surface area (Å²) in [7, 11) is 1.83. The maximum Gasteiger partial charge on any atom is 0.231 e. The quantitative estimate of drug-likeness (QED) is 0.737. The van der Waals surface area contributed by atoms with Crippen molar-refractivity contribution in [2.24, 2.45) is 7.05 Å². The Morgan fingerprint density at radius 2 is 2.58 bits per heavy atom. The Bertz CT molecular complexity index is 272. The summed E-state index contributed by atoms with van der Waals surface area (Å²) in [5.41, 5.74) is 0. The molecule has 1 heterocycles. The fraction of sp³-hybridized carbons (Fsp3) is 0.500. The lowest BCUT2D eigenvalue weighted by molar-refractivity contribution is -0.118. The highest BCUT2D eigenvalue weighted by molar-refractivity contribution is 9.09. The van der Waals surface area contributed by atoms with Gasteiger partial charge in [0.1, 0.15) is 6.33 Å². The lowest BCUT2D eigenvalue weighted by Gasteiger charge is -2.00. The van der Waals surface area contributed by atoms with E-state index in [2.05, 4.69) is 31.4 Å². The number of alkyl halides is 1. The summed E-state index contributed by atoms with van der Waals surface area (Å²) in [6.07, 6.45) is 1.59. The zero-order chi connectivity index (χ0) is 8.97. The fourth-order valence-corrected chi connectivity index (χ4v) is 0.890. The fourth-order valence-electron chi connectivity index (χ4n) is 0.692. The highest BCUT2D eigenvalue weighted by Crippen LogP contribution is 1.90. The van der Waals surface area contributed by atoms with Crippen molar-refractivity contribution in [3.05, 3.63) is 12.2 Å². The first kappa shape index (κ1) is 9.18. The minimum Gasteiger partial charge on any atom is -0.348 e. The van der Waals surface area contributed by atoms with E-state index in [-0.39, 0.29) is 5.91 Å². The number of nitrogens with one attached hydrogen (secondary N) is 1. The van der Waals surface area contributed by atoms with Gasteiger partial charge in [-0.15, -0.1) is 10.2 Å². The van der Waals surface area contributed by atoms with Gasteiger partial charge in [-0.3, -0.25) is 4.79 Å². The average Bonchev–Trinajstić information content (AvgIpc) is 2.47. The molecule has 1 aromatic rings. The molecule has 1 aromatic heterocycles. The highest BCUT2D eigenvalue weighted by Gasteiger charge is 2.02. The monoisotopic (exact) mass is 232 g/mol. The van der Waals surface area contributed by atoms with E-state index in [0.717, 1.165) is 5.82 Å². The molecule has 66 valence electrons. The third-order valence-corrected chi connectivity index (χ3v) is 1.88. The lowest BCUT2D eigenvalue weighted by atomic mass is 10.5. The van der Waals surface area contributed by atoms with E-state index in [0.29, 0.717) is 11.9 Å². The maximum atomic E-state index is 10.8. The molecule has 0 saturated heterocycles. The molecule has 1 rings (SSSR count). The number of hydrogen-bond acceptors (Lipinski definition) is 3. The van der Waals surface area contributed by atoms with Gasteiger partial charge in [0.2, 0.25) is 5.91 Å². The molecule has 0 aliphatic carbocycles. The van der Waals surface area contributed by atoms with Crippen molar-refractivity contribution in [2.75, 3.05) is 5.33 Å². The smallest absolute Gasteiger partial charge is 0.231 e. The Morgan fingerprint density at radius 3 is 3.08 bits per heavy atom. The average molecular weight is 233 g/mol. The summed E-state index contributed by atoms with van der Waals surface area (Å²) < 4.78 is 1.76. The maximum absolute atomic E-state index is 10.8. The zero-order valence-electron chi connectivity index (χ0n) is 6.62. The Balaban J connectivity index is 2.43. The summed E-state index contributed by atoms with van der Waals surface area (Å²) in [6, 6.07) is 0. The summed E-state index contributed by atoms with van der Waals surface area (Å²) in [5, 5.41) is 10.5. The van der Waals surface area contributed by atoms with Crippen LogP contribution in [-0.2, 0) is 18.4 Å². The third-order valence-electron chi connectivity index (χ3n) is 1.37. The predicted octanol–water partition coefficient (Wildman–Crippen LogP) is -0.174. The van der Waals surface area contributed by atoms with Gasteiger partial charge in [0.15, 0.2) is 5.82 Å². The van der Waals surface area contributed by atoms with E-state index in [1.807, 2.05) is 7.05 Å². The molecule has 12 heavy (non-hydrogen) atoms. The molecule has 0 saturated carbocycles. The summed E-state index contributed by atoms with van der Waals surface area (Å²) in [6.45, 7) is 0.418. The molecular formula is C6H9BrN4O. The molecule has 0 aromatic carbocycles. The molecule has 1 amide bonds. The molecule has 0 radical (unpaired) electrons. The van der Waals surface area contributed by atoms with Gasteiger partial charge in [-0.1, -0.05) is 15.9 Å². The van der Waals surface area contributed by atoms with Crippen LogP contribution in [0.25, 0.3) is 0 Å². The van der Waals surface area contributed by atoms with Crippen molar-refractivity contribution in [3.63, 3.8) is 0 Å². The zero-order valence-corrected chi connectivity index (χ0v) is 8.21. The van der Waals surface area contributed by atoms with Gasteiger partial charge in [0, 0.05) is 7.05 Å². The second kappa shape index (κ2) is 4.20. The van der Waals surface area contributed by atoms with Gasteiger partial charge in [0.25, 0.3) is 0 Å². The highest BCUT2D eigenvalue weighted by atomic mass is 79.9. The van der Waals surface area contributed by atoms with Gasteiger partial charge in [0.05, 0.1) is 11.9 Å². The van der Waals surface area contributed by atoms with Gasteiger partial charge in [-0.05, 0) is 0 Å². The number of rotatable bonds is 3. The third kappa shape index (κ3) is 2.30. The van der Waals surface area contributed by atoms with Crippen molar-refractivity contribution in [1.82, 2.24) is 20.1 Å². The Morgan fingerprint density at radius 1 is 1.83 bits per heavy atom. The number of aromatic nitrogens is 3. The predicted molar refractivity (Wildman–Crippen MR) is 46.6 cm³/mol. The Hall–Kier alpha value is -0.910. The second-order valence-electron chi connectivity index (χ2n) is 2.27. The first-order valence-corrected chi connectivity index (χ1v) is 4.51. The minimum absolute atomic E-state index is 0.0574. The Kier molecular flexibility index (Phi) is 3.21. The van der Waals surface area contributed by atoms with Crippen molar-refractivity contribution in [2.45, 2.75) is 6.54 Å². The SMILES string of the molecule is Cn1cnnc1CNC(=O)CBr. The summed E-state index contributed by atoms with van der Waals surface area (Å²) >= 11 is 3.04. The first-order valence-electron chi connectivity index (χ1n) is 3.39. The van der Waals surface area contributed by atoms with E-state index in [4.69, 9.17) is 0 Å². The molecular weight excluding hydrogens is 224 g/mol. The first-order chi connectivity index (χ1) is 5.74. The molecule has 5 nitrogen and oxygen atoms in total. The molecule has 0 atom stereocenters. The van der Waals surface area contributed by atoms with Crippen molar-refractivity contribution < 1.29 is 4.79 Å². The number of nitrogens with zero attached hydrogens (tertiary/aromatic N) is 3. The second-order valence-corrected chi connectivity index (χ2v) is 2.83. The normalized spacial score (nSPS) is 9.83. The van der Waals surface area contributed by atoms with Crippen LogP contribution in [0, 0.1) is 0 Å². The van der Waals surface area contributed by atoms with Crippen LogP contribution in [-0.4, -0.2) is 26.0 Å². The van der Waals surface area contributed by atoms with Crippen LogP contribution in [0.5, 0.6) is 0 Å². The van der Waals surface area contributed by atoms with E-state index in [9.17, 15) is 4.79 Å². The lowest BCUT2D eigenvalue weighted by Crippen LogP contribution is -2.25. The summed E-state index contributed by atoms with van der Waals surface area (Å²) in [5.74, 6) is 0.683. The molecule has 0 bridgehead atoms. The van der Waals surface area contributed by atoms with E-state index >= 15 is 0 Å². The van der Waals surface area contributed by atoms with Gasteiger partial charge in [-0.25, -0.2) is 0 Å². The van der Waals surface area contributed by atoms with Gasteiger partial charge >= 0.3 is 0 Å². The number of hydrogen-bond donors (Lipinski definition) is 1. The minimum atomic E-state index is -0.0574. The van der Waals surface area contributed by atoms with Crippen LogP contribution in [0.1, 0.15) is 5.82 Å². The van der Waals surface area contributed by atoms with Crippen LogP contribution in [0.4, 0.5) is 0 Å². The van der Waals surface area contributed by atoms with Crippen LogP contribution < -0.4 is 5.32 Å². The molecule has 6 heteroatoms. The van der Waals surface area contributed by atoms with E-state index < -0.39 is 0 Å². The number of carbonyl (C=O) groups is 1. The summed E-state index contributed by atoms with van der Waals surface area (Å²) in [4.78, 5) is 10.8. The number of carbonyl (C=O) groups excluding carboxylic acids is 1. The van der Waals surface area contributed by atoms with Crippen LogP contribution >= 0.6 is 15.9 Å². The molecule has 0 spiro atoms.